The first-order valence-corrected chi connectivity index (χ1v) is 10.8. The van der Waals surface area contributed by atoms with Crippen LogP contribution in [0.15, 0.2) is 30.3 Å². The van der Waals surface area contributed by atoms with E-state index in [9.17, 15) is 9.59 Å². The molecule has 1 aromatic carbocycles. The molecule has 0 saturated heterocycles. The highest BCUT2D eigenvalue weighted by molar-refractivity contribution is 5.81. The molecule has 5 rings (SSSR count). The zero-order valence-electron chi connectivity index (χ0n) is 16.8. The molecule has 0 spiro atoms. The smallest absolute Gasteiger partial charge is 0.310 e. The molecule has 4 saturated carbocycles. The molecule has 4 aliphatic rings. The van der Waals surface area contributed by atoms with Crippen LogP contribution in [0.2, 0.25) is 0 Å². The van der Waals surface area contributed by atoms with Crippen LogP contribution in [0.3, 0.4) is 0 Å². The van der Waals surface area contributed by atoms with Gasteiger partial charge < -0.3 is 15.0 Å². The summed E-state index contributed by atoms with van der Waals surface area (Å²) in [6, 6.07) is 10.2. The van der Waals surface area contributed by atoms with Gasteiger partial charge in [0, 0.05) is 25.8 Å². The minimum absolute atomic E-state index is 0.0418. The number of carbonyl (C=O) groups is 2. The molecule has 152 valence electrons. The Morgan fingerprint density at radius 2 is 1.68 bits per heavy atom. The lowest BCUT2D eigenvalue weighted by Gasteiger charge is -2.53. The molecule has 1 amide bonds. The largest absolute Gasteiger partial charge is 0.455 e. The first-order chi connectivity index (χ1) is 13.6. The molecule has 0 aromatic heterocycles. The first kappa shape index (κ1) is 19.3. The van der Waals surface area contributed by atoms with E-state index in [1.54, 1.807) is 0 Å². The highest BCUT2D eigenvalue weighted by Crippen LogP contribution is 2.56. The quantitative estimate of drug-likeness (QED) is 0.552. The van der Waals surface area contributed by atoms with E-state index in [0.29, 0.717) is 18.4 Å². The summed E-state index contributed by atoms with van der Waals surface area (Å²) in [6.45, 7) is 1.31. The third kappa shape index (κ3) is 4.34. The summed E-state index contributed by atoms with van der Waals surface area (Å²) in [4.78, 5) is 26.8. The van der Waals surface area contributed by atoms with Crippen molar-refractivity contribution in [3.05, 3.63) is 30.3 Å². The molecule has 0 aliphatic heterocycles. The summed E-state index contributed by atoms with van der Waals surface area (Å²) in [7, 11) is 2.05. The van der Waals surface area contributed by atoms with E-state index in [4.69, 9.17) is 4.74 Å². The standard InChI is InChI=1S/C23H32N2O3/c1-25(20-6-3-2-4-7-20)9-5-8-24-21(26)15-28-23(27)22-18-11-16-10-17(13-18)14-19(22)12-16/h2-4,6-7,16-19,22H,5,8-15H2,1H3,(H,24,26). The van der Waals surface area contributed by atoms with Crippen molar-refractivity contribution < 1.29 is 14.3 Å². The fourth-order valence-electron chi connectivity index (χ4n) is 5.95. The number of hydrogen-bond acceptors (Lipinski definition) is 4. The van der Waals surface area contributed by atoms with Crippen molar-refractivity contribution in [3.8, 4) is 0 Å². The summed E-state index contributed by atoms with van der Waals surface area (Å²) >= 11 is 0. The fourth-order valence-corrected chi connectivity index (χ4v) is 5.95. The topological polar surface area (TPSA) is 58.6 Å². The van der Waals surface area contributed by atoms with Crippen LogP contribution in [0.4, 0.5) is 5.69 Å². The van der Waals surface area contributed by atoms with Crippen molar-refractivity contribution in [1.29, 1.82) is 0 Å². The number of anilines is 1. The molecule has 5 nitrogen and oxygen atoms in total. The van der Waals surface area contributed by atoms with Gasteiger partial charge in [0.15, 0.2) is 6.61 Å². The Labute approximate surface area is 167 Å². The van der Waals surface area contributed by atoms with Crippen LogP contribution in [0.1, 0.15) is 38.5 Å². The second-order valence-electron chi connectivity index (χ2n) is 9.02. The summed E-state index contributed by atoms with van der Waals surface area (Å²) in [5, 5.41) is 2.87. The molecule has 1 N–H and O–H groups in total. The zero-order valence-corrected chi connectivity index (χ0v) is 16.8. The Bertz CT molecular complexity index is 662. The van der Waals surface area contributed by atoms with Crippen LogP contribution in [0, 0.1) is 29.6 Å². The van der Waals surface area contributed by atoms with Gasteiger partial charge in [0.05, 0.1) is 5.92 Å². The highest BCUT2D eigenvalue weighted by Gasteiger charge is 2.51. The molecule has 4 bridgehead atoms. The second kappa shape index (κ2) is 8.54. The number of amides is 1. The molecule has 4 aliphatic carbocycles. The Morgan fingerprint density at radius 1 is 1.04 bits per heavy atom. The fraction of sp³-hybridized carbons (Fsp3) is 0.652. The lowest BCUT2D eigenvalue weighted by atomic mass is 9.52. The van der Waals surface area contributed by atoms with E-state index < -0.39 is 0 Å². The Morgan fingerprint density at radius 3 is 2.32 bits per heavy atom. The van der Waals surface area contributed by atoms with Crippen LogP contribution in [0.25, 0.3) is 0 Å². The first-order valence-electron chi connectivity index (χ1n) is 10.8. The van der Waals surface area contributed by atoms with Gasteiger partial charge in [-0.3, -0.25) is 9.59 Å². The van der Waals surface area contributed by atoms with Crippen LogP contribution in [0.5, 0.6) is 0 Å². The number of nitrogens with one attached hydrogen (secondary N) is 1. The van der Waals surface area contributed by atoms with Gasteiger partial charge in [0.1, 0.15) is 0 Å². The van der Waals surface area contributed by atoms with Gasteiger partial charge in [-0.2, -0.15) is 0 Å². The lowest BCUT2D eigenvalue weighted by Crippen LogP contribution is -2.48. The maximum Gasteiger partial charge on any atom is 0.310 e. The van der Waals surface area contributed by atoms with Crippen LogP contribution in [-0.4, -0.2) is 38.6 Å². The number of esters is 1. The van der Waals surface area contributed by atoms with E-state index in [-0.39, 0.29) is 24.4 Å². The van der Waals surface area contributed by atoms with Gasteiger partial charge in [-0.05, 0) is 74.3 Å². The number of hydrogen-bond donors (Lipinski definition) is 1. The predicted molar refractivity (Wildman–Crippen MR) is 109 cm³/mol. The van der Waals surface area contributed by atoms with Crippen LogP contribution >= 0.6 is 0 Å². The summed E-state index contributed by atoms with van der Waals surface area (Å²) in [5.41, 5.74) is 1.17. The van der Waals surface area contributed by atoms with Gasteiger partial charge in [-0.15, -0.1) is 0 Å². The molecule has 4 fully saturated rings. The average Bonchev–Trinajstić information content (AvgIpc) is 2.69. The van der Waals surface area contributed by atoms with Crippen molar-refractivity contribution in [2.24, 2.45) is 29.6 Å². The maximum absolute atomic E-state index is 12.6. The van der Waals surface area contributed by atoms with E-state index in [1.807, 2.05) is 25.2 Å². The van der Waals surface area contributed by atoms with Crippen molar-refractivity contribution in [2.75, 3.05) is 31.6 Å². The molecule has 5 heteroatoms. The summed E-state index contributed by atoms with van der Waals surface area (Å²) < 4.78 is 5.42. The summed E-state index contributed by atoms with van der Waals surface area (Å²) in [6.07, 6.45) is 6.97. The molecule has 0 atom stereocenters. The van der Waals surface area contributed by atoms with E-state index in [2.05, 4.69) is 22.3 Å². The lowest BCUT2D eigenvalue weighted by molar-refractivity contribution is -0.164. The third-order valence-electron chi connectivity index (χ3n) is 7.03. The number of rotatable bonds is 8. The Balaban J connectivity index is 1.14. The number of para-hydroxylation sites is 1. The van der Waals surface area contributed by atoms with Crippen molar-refractivity contribution in [1.82, 2.24) is 5.32 Å². The van der Waals surface area contributed by atoms with Crippen LogP contribution in [-0.2, 0) is 14.3 Å². The number of benzene rings is 1. The maximum atomic E-state index is 12.6. The molecule has 0 radical (unpaired) electrons. The number of carbonyl (C=O) groups excluding carboxylic acids is 2. The Kier molecular flexibility index (Phi) is 5.88. The van der Waals surface area contributed by atoms with E-state index in [1.165, 1.54) is 37.8 Å². The molecular weight excluding hydrogens is 352 g/mol. The van der Waals surface area contributed by atoms with E-state index in [0.717, 1.165) is 24.8 Å². The van der Waals surface area contributed by atoms with Gasteiger partial charge in [0.25, 0.3) is 5.91 Å². The predicted octanol–water partition coefficient (Wildman–Crippen LogP) is 3.24. The molecular formula is C23H32N2O3. The number of ether oxygens (including phenoxy) is 1. The Hall–Kier alpha value is -2.04. The molecule has 28 heavy (non-hydrogen) atoms. The normalized spacial score (nSPS) is 30.1. The van der Waals surface area contributed by atoms with Crippen molar-refractivity contribution in [3.63, 3.8) is 0 Å². The van der Waals surface area contributed by atoms with Crippen molar-refractivity contribution in [2.45, 2.75) is 38.5 Å². The second-order valence-corrected chi connectivity index (χ2v) is 9.02. The molecule has 0 heterocycles. The third-order valence-corrected chi connectivity index (χ3v) is 7.03. The molecule has 1 aromatic rings. The number of nitrogens with zero attached hydrogens (tertiary/aromatic N) is 1. The van der Waals surface area contributed by atoms with E-state index >= 15 is 0 Å². The molecule has 0 unspecified atom stereocenters. The summed E-state index contributed by atoms with van der Waals surface area (Å²) in [5.74, 6) is 2.39. The van der Waals surface area contributed by atoms with Gasteiger partial charge >= 0.3 is 5.97 Å². The minimum Gasteiger partial charge on any atom is -0.455 e. The minimum atomic E-state index is -0.195. The monoisotopic (exact) mass is 384 g/mol. The zero-order chi connectivity index (χ0) is 19.5. The van der Waals surface area contributed by atoms with Gasteiger partial charge in [-0.1, -0.05) is 18.2 Å². The highest BCUT2D eigenvalue weighted by atomic mass is 16.5. The van der Waals surface area contributed by atoms with Gasteiger partial charge in [-0.25, -0.2) is 0 Å². The SMILES string of the molecule is CN(CCCNC(=O)COC(=O)C1C2CC3CC(C2)CC1C3)c1ccccc1. The van der Waals surface area contributed by atoms with Gasteiger partial charge in [0.2, 0.25) is 0 Å². The average molecular weight is 385 g/mol. The van der Waals surface area contributed by atoms with Crippen LogP contribution < -0.4 is 10.2 Å². The van der Waals surface area contributed by atoms with Crippen molar-refractivity contribution >= 4 is 17.6 Å².